The number of nitrogens with one attached hydrogen (secondary N) is 1. The van der Waals surface area contributed by atoms with Gasteiger partial charge in [0.05, 0.1) is 0 Å². The van der Waals surface area contributed by atoms with Crippen molar-refractivity contribution in [3.05, 3.63) is 0 Å². The maximum absolute atomic E-state index is 5.48. The number of hydrogen-bond acceptors (Lipinski definition) is 4. The van der Waals surface area contributed by atoms with Crippen LogP contribution in [0.15, 0.2) is 4.99 Å². The minimum atomic E-state index is 0.803. The van der Waals surface area contributed by atoms with Crippen molar-refractivity contribution in [2.24, 2.45) is 10.8 Å². The molecule has 1 rings (SSSR count). The second-order valence-electron chi connectivity index (χ2n) is 2.45. The fourth-order valence-corrected chi connectivity index (χ4v) is 0.914. The number of nitrogens with two attached hydrogens (primary N) is 1. The number of guanidine groups is 1. The zero-order chi connectivity index (χ0) is 7.40. The third-order valence-electron chi connectivity index (χ3n) is 1.46. The monoisotopic (exact) mass is 142 g/mol. The van der Waals surface area contributed by atoms with Gasteiger partial charge in [0.15, 0.2) is 0 Å². The Kier molecular flexibility index (Phi) is 2.50. The topological polar surface area (TPSA) is 53.6 Å². The van der Waals surface area contributed by atoms with Crippen molar-refractivity contribution in [2.45, 2.75) is 12.8 Å². The Bertz CT molecular complexity index is 130. The molecule has 4 nitrogen and oxygen atoms in total. The van der Waals surface area contributed by atoms with Crippen LogP contribution in [0.4, 0.5) is 0 Å². The number of nitrogens with zero attached hydrogens (tertiary/aromatic N) is 2. The van der Waals surface area contributed by atoms with Crippen molar-refractivity contribution in [1.29, 1.82) is 0 Å². The third-order valence-corrected chi connectivity index (χ3v) is 1.46. The molecule has 1 heterocycles. The molecule has 1 aliphatic rings. The molecule has 0 aromatic rings. The Hall–Kier alpha value is -0.770. The van der Waals surface area contributed by atoms with Gasteiger partial charge >= 0.3 is 0 Å². The van der Waals surface area contributed by atoms with E-state index in [0.29, 0.717) is 0 Å². The van der Waals surface area contributed by atoms with E-state index in [1.807, 2.05) is 0 Å². The Morgan fingerprint density at radius 2 is 2.40 bits per heavy atom. The predicted molar refractivity (Wildman–Crippen MR) is 41.5 cm³/mol. The van der Waals surface area contributed by atoms with Gasteiger partial charge in [-0.25, -0.2) is 5.84 Å². The van der Waals surface area contributed by atoms with E-state index in [1.54, 1.807) is 7.05 Å². The van der Waals surface area contributed by atoms with E-state index in [2.05, 4.69) is 10.3 Å². The summed E-state index contributed by atoms with van der Waals surface area (Å²) in [6, 6.07) is 0. The lowest BCUT2D eigenvalue weighted by atomic mass is 10.3. The maximum atomic E-state index is 5.48. The Morgan fingerprint density at radius 1 is 1.60 bits per heavy atom. The molecule has 0 saturated heterocycles. The van der Waals surface area contributed by atoms with Crippen LogP contribution in [0.3, 0.4) is 0 Å². The molecular weight excluding hydrogens is 128 g/mol. The van der Waals surface area contributed by atoms with Crippen molar-refractivity contribution in [3.63, 3.8) is 0 Å². The molecule has 0 fully saturated rings. The fourth-order valence-electron chi connectivity index (χ4n) is 0.914. The van der Waals surface area contributed by atoms with Gasteiger partial charge in [-0.1, -0.05) is 0 Å². The van der Waals surface area contributed by atoms with Crippen LogP contribution in [0.2, 0.25) is 0 Å². The summed E-state index contributed by atoms with van der Waals surface area (Å²) in [5.41, 5.74) is 0. The lowest BCUT2D eigenvalue weighted by Gasteiger charge is -2.14. The number of hydrogen-bond donors (Lipinski definition) is 2. The average molecular weight is 142 g/mol. The number of aliphatic imine (C=N–C) groups is 1. The second kappa shape index (κ2) is 3.41. The van der Waals surface area contributed by atoms with Gasteiger partial charge in [-0.2, -0.15) is 0 Å². The van der Waals surface area contributed by atoms with Crippen LogP contribution in [-0.2, 0) is 0 Å². The molecule has 0 aliphatic carbocycles. The quantitative estimate of drug-likeness (QED) is 0.355. The third kappa shape index (κ3) is 1.88. The van der Waals surface area contributed by atoms with E-state index in [1.165, 1.54) is 11.4 Å². The fraction of sp³-hybridized carbons (Fsp3) is 0.833. The van der Waals surface area contributed by atoms with Crippen LogP contribution in [0.1, 0.15) is 12.8 Å². The zero-order valence-corrected chi connectivity index (χ0v) is 6.30. The highest BCUT2D eigenvalue weighted by Gasteiger charge is 2.03. The first-order chi connectivity index (χ1) is 4.80. The Balaban J connectivity index is 2.46. The normalized spacial score (nSPS) is 18.8. The molecule has 4 heteroatoms. The summed E-state index contributed by atoms with van der Waals surface area (Å²) in [7, 11) is 1.79. The zero-order valence-electron chi connectivity index (χ0n) is 6.30. The van der Waals surface area contributed by atoms with Crippen molar-refractivity contribution in [1.82, 2.24) is 10.3 Å². The molecule has 0 amide bonds. The minimum absolute atomic E-state index is 0.803. The maximum Gasteiger partial charge on any atom is 0.208 e. The van der Waals surface area contributed by atoms with E-state index >= 15 is 0 Å². The predicted octanol–water partition coefficient (Wildman–Crippen LogP) is -0.469. The van der Waals surface area contributed by atoms with Crippen LogP contribution in [0.5, 0.6) is 0 Å². The molecule has 3 N–H and O–H groups in total. The van der Waals surface area contributed by atoms with E-state index in [-0.39, 0.29) is 0 Å². The largest absolute Gasteiger partial charge is 0.355 e. The smallest absolute Gasteiger partial charge is 0.208 e. The SMILES string of the molecule is CN(N)C1=NCCCCN1. The molecule has 10 heavy (non-hydrogen) atoms. The van der Waals surface area contributed by atoms with Crippen LogP contribution < -0.4 is 11.2 Å². The molecule has 0 atom stereocenters. The minimum Gasteiger partial charge on any atom is -0.355 e. The first kappa shape index (κ1) is 7.34. The lowest BCUT2D eigenvalue weighted by Crippen LogP contribution is -2.42. The lowest BCUT2D eigenvalue weighted by molar-refractivity contribution is 0.513. The second-order valence-corrected chi connectivity index (χ2v) is 2.45. The van der Waals surface area contributed by atoms with E-state index < -0.39 is 0 Å². The van der Waals surface area contributed by atoms with Crippen molar-refractivity contribution < 1.29 is 0 Å². The van der Waals surface area contributed by atoms with Crippen molar-refractivity contribution >= 4 is 5.96 Å². The summed E-state index contributed by atoms with van der Waals surface area (Å²) in [5, 5.41) is 4.65. The van der Waals surface area contributed by atoms with Gasteiger partial charge in [0, 0.05) is 20.1 Å². The van der Waals surface area contributed by atoms with Gasteiger partial charge in [0.25, 0.3) is 0 Å². The first-order valence-electron chi connectivity index (χ1n) is 3.57. The summed E-state index contributed by atoms with van der Waals surface area (Å²) in [6.07, 6.45) is 2.34. The van der Waals surface area contributed by atoms with Crippen LogP contribution >= 0.6 is 0 Å². The number of hydrazine groups is 1. The highest BCUT2D eigenvalue weighted by Crippen LogP contribution is 1.93. The van der Waals surface area contributed by atoms with E-state index in [0.717, 1.165) is 25.5 Å². The van der Waals surface area contributed by atoms with Gasteiger partial charge in [0.1, 0.15) is 0 Å². The molecule has 0 saturated carbocycles. The summed E-state index contributed by atoms with van der Waals surface area (Å²) in [6.45, 7) is 1.88. The summed E-state index contributed by atoms with van der Waals surface area (Å²) in [4.78, 5) is 4.23. The van der Waals surface area contributed by atoms with Gasteiger partial charge in [-0.15, -0.1) is 0 Å². The van der Waals surface area contributed by atoms with Gasteiger partial charge in [-0.05, 0) is 12.8 Å². The van der Waals surface area contributed by atoms with Crippen LogP contribution in [0.25, 0.3) is 0 Å². The molecule has 0 unspecified atom stereocenters. The molecular formula is C6H14N4. The van der Waals surface area contributed by atoms with Gasteiger partial charge in [-0.3, -0.25) is 10.0 Å². The standard InChI is InChI=1S/C6H14N4/c1-10(7)6-8-4-2-3-5-9-6/h2-5,7H2,1H3,(H,8,9). The molecule has 0 bridgehead atoms. The molecule has 0 aromatic heterocycles. The Morgan fingerprint density at radius 3 is 3.10 bits per heavy atom. The number of rotatable bonds is 0. The molecule has 0 spiro atoms. The van der Waals surface area contributed by atoms with Crippen molar-refractivity contribution in [3.8, 4) is 0 Å². The van der Waals surface area contributed by atoms with Crippen LogP contribution in [0, 0.1) is 0 Å². The van der Waals surface area contributed by atoms with Gasteiger partial charge in [0.2, 0.25) is 5.96 Å². The summed E-state index contributed by atoms with van der Waals surface area (Å²) >= 11 is 0. The first-order valence-corrected chi connectivity index (χ1v) is 3.57. The highest BCUT2D eigenvalue weighted by atomic mass is 15.5. The van der Waals surface area contributed by atoms with E-state index in [4.69, 9.17) is 5.84 Å². The highest BCUT2D eigenvalue weighted by molar-refractivity contribution is 5.79. The molecule has 0 aromatic carbocycles. The van der Waals surface area contributed by atoms with Crippen molar-refractivity contribution in [2.75, 3.05) is 20.1 Å². The molecule has 0 radical (unpaired) electrons. The van der Waals surface area contributed by atoms with E-state index in [9.17, 15) is 0 Å². The van der Waals surface area contributed by atoms with Crippen LogP contribution in [-0.4, -0.2) is 31.1 Å². The summed E-state index contributed by atoms with van der Waals surface area (Å²) in [5.74, 6) is 6.28. The Labute approximate surface area is 61.1 Å². The average Bonchev–Trinajstić information content (AvgIpc) is 2.12. The van der Waals surface area contributed by atoms with Gasteiger partial charge < -0.3 is 5.32 Å². The summed E-state index contributed by atoms with van der Waals surface area (Å²) < 4.78 is 0. The molecule has 1 aliphatic heterocycles. The molecule has 58 valence electrons.